The maximum Gasteiger partial charge on any atom is 0.228 e. The molecule has 0 spiro atoms. The minimum Gasteiger partial charge on any atom is -0.493 e. The number of fused-ring (bicyclic) bond motifs is 1. The number of carbonyl (C=O) groups is 1. The lowest BCUT2D eigenvalue weighted by molar-refractivity contribution is -0.130. The van der Waals surface area contributed by atoms with Crippen LogP contribution in [0.25, 0.3) is 16.9 Å². The van der Waals surface area contributed by atoms with Crippen LogP contribution in [0.5, 0.6) is 5.75 Å². The summed E-state index contributed by atoms with van der Waals surface area (Å²) >= 11 is 12.6. The number of hydrogen-bond donors (Lipinski definition) is 0. The van der Waals surface area contributed by atoms with E-state index >= 15 is 0 Å². The van der Waals surface area contributed by atoms with Crippen LogP contribution in [0.15, 0.2) is 36.5 Å². The Hall–Kier alpha value is -2.31. The van der Waals surface area contributed by atoms with Crippen LogP contribution in [0.1, 0.15) is 26.0 Å². The Labute approximate surface area is 185 Å². The molecule has 8 heteroatoms. The summed E-state index contributed by atoms with van der Waals surface area (Å²) in [6.45, 7) is 5.08. The maximum atomic E-state index is 12.8. The van der Waals surface area contributed by atoms with E-state index in [1.807, 2.05) is 38.1 Å². The molecule has 5 nitrogen and oxygen atoms in total. The number of nitrogens with zero attached hydrogens (tertiary/aromatic N) is 3. The number of likely N-dealkylation sites (N-methyl/N-ethyl adjacent to an activating group) is 1. The molecule has 0 saturated heterocycles. The van der Waals surface area contributed by atoms with Gasteiger partial charge in [-0.2, -0.15) is 0 Å². The molecule has 1 aromatic carbocycles. The van der Waals surface area contributed by atoms with E-state index in [2.05, 4.69) is 0 Å². The van der Waals surface area contributed by atoms with Crippen molar-refractivity contribution in [1.82, 2.24) is 14.3 Å². The highest BCUT2D eigenvalue weighted by molar-refractivity contribution is 6.36. The average molecular weight is 451 g/mol. The van der Waals surface area contributed by atoms with Gasteiger partial charge in [0.05, 0.1) is 41.1 Å². The summed E-state index contributed by atoms with van der Waals surface area (Å²) in [5, 5.41) is 0.876. The summed E-state index contributed by atoms with van der Waals surface area (Å²) in [6.07, 6.45) is 2.24. The fraction of sp³-hybridized carbons (Fsp3) is 0.364. The number of amides is 1. The van der Waals surface area contributed by atoms with Crippen molar-refractivity contribution in [3.8, 4) is 17.0 Å². The molecule has 0 aliphatic rings. The molecular weight excluding hydrogens is 427 g/mol. The van der Waals surface area contributed by atoms with Crippen LogP contribution in [-0.2, 0) is 11.2 Å². The summed E-state index contributed by atoms with van der Waals surface area (Å²) < 4.78 is 19.6. The molecule has 0 fully saturated rings. The molecule has 0 unspecified atom stereocenters. The van der Waals surface area contributed by atoms with E-state index in [0.29, 0.717) is 53.3 Å². The summed E-state index contributed by atoms with van der Waals surface area (Å²) in [5.41, 5.74) is 2.75. The third-order valence-electron chi connectivity index (χ3n) is 4.85. The van der Waals surface area contributed by atoms with Gasteiger partial charge in [0.25, 0.3) is 0 Å². The normalized spacial score (nSPS) is 11.1. The fourth-order valence-electron chi connectivity index (χ4n) is 3.30. The van der Waals surface area contributed by atoms with Gasteiger partial charge in [0.15, 0.2) is 5.65 Å². The lowest BCUT2D eigenvalue weighted by atomic mass is 10.1. The van der Waals surface area contributed by atoms with Gasteiger partial charge < -0.3 is 14.0 Å². The highest BCUT2D eigenvalue weighted by Crippen LogP contribution is 2.31. The van der Waals surface area contributed by atoms with Crippen LogP contribution >= 0.6 is 23.2 Å². The first-order valence-corrected chi connectivity index (χ1v) is 10.7. The number of pyridine rings is 1. The van der Waals surface area contributed by atoms with Crippen LogP contribution < -0.4 is 4.74 Å². The van der Waals surface area contributed by atoms with Crippen LogP contribution in [0, 0.1) is 0 Å². The van der Waals surface area contributed by atoms with Gasteiger partial charge in [-0.1, -0.05) is 23.2 Å². The minimum atomic E-state index is -0.410. The number of aromatic nitrogens is 2. The number of rotatable bonds is 9. The topological polar surface area (TPSA) is 46.8 Å². The molecular formula is C22H24Cl2FN3O2. The molecule has 3 rings (SSSR count). The predicted octanol–water partition coefficient (Wildman–Crippen LogP) is 5.46. The van der Waals surface area contributed by atoms with Crippen LogP contribution in [0.4, 0.5) is 4.39 Å². The summed E-state index contributed by atoms with van der Waals surface area (Å²) in [4.78, 5) is 19.3. The van der Waals surface area contributed by atoms with Crippen molar-refractivity contribution in [1.29, 1.82) is 0 Å². The first-order valence-electron chi connectivity index (χ1n) is 9.91. The Morgan fingerprint density at radius 2 is 1.90 bits per heavy atom. The lowest BCUT2D eigenvalue weighted by Gasteiger charge is -2.19. The molecule has 0 radical (unpaired) electrons. The smallest absolute Gasteiger partial charge is 0.228 e. The van der Waals surface area contributed by atoms with Crippen molar-refractivity contribution in [2.75, 3.05) is 26.4 Å². The molecule has 2 aromatic heterocycles. The number of hydrogen-bond acceptors (Lipinski definition) is 3. The zero-order valence-corrected chi connectivity index (χ0v) is 18.5. The Morgan fingerprint density at radius 3 is 2.53 bits per heavy atom. The number of halogens is 3. The highest BCUT2D eigenvalue weighted by atomic mass is 35.5. The lowest BCUT2D eigenvalue weighted by Crippen LogP contribution is -2.32. The molecule has 2 heterocycles. The van der Waals surface area contributed by atoms with Gasteiger partial charge in [-0.15, -0.1) is 0 Å². The second-order valence-electron chi connectivity index (χ2n) is 6.77. The SMILES string of the molecule is CCN(CC)C(=O)Cc1c(-c2ccc(OCCC[18F])cc2)nc2c(Cl)cc(Cl)cn12. The second kappa shape index (κ2) is 10.1. The van der Waals surface area contributed by atoms with E-state index in [1.165, 1.54) is 0 Å². The van der Waals surface area contributed by atoms with Crippen LogP contribution in [-0.4, -0.2) is 46.6 Å². The molecule has 0 saturated carbocycles. The Morgan fingerprint density at radius 1 is 1.20 bits per heavy atom. The molecule has 0 atom stereocenters. The first kappa shape index (κ1) is 22.4. The van der Waals surface area contributed by atoms with E-state index in [-0.39, 0.29) is 12.3 Å². The van der Waals surface area contributed by atoms with Gasteiger partial charge in [-0.05, 0) is 44.2 Å². The second-order valence-corrected chi connectivity index (χ2v) is 7.61. The Bertz CT molecular complexity index is 1020. The number of imidazole rings is 1. The predicted molar refractivity (Wildman–Crippen MR) is 118 cm³/mol. The minimum absolute atomic E-state index is 0.00493. The van der Waals surface area contributed by atoms with Crippen molar-refractivity contribution < 1.29 is 13.9 Å². The first-order chi connectivity index (χ1) is 14.5. The van der Waals surface area contributed by atoms with Gasteiger partial charge in [0.2, 0.25) is 5.91 Å². The molecule has 0 N–H and O–H groups in total. The van der Waals surface area contributed by atoms with Gasteiger partial charge in [0, 0.05) is 31.3 Å². The van der Waals surface area contributed by atoms with Crippen LogP contribution in [0.3, 0.4) is 0 Å². The molecule has 0 aliphatic heterocycles. The monoisotopic (exact) mass is 450 g/mol. The third kappa shape index (κ3) is 4.87. The summed E-state index contributed by atoms with van der Waals surface area (Å²) in [6, 6.07) is 8.98. The van der Waals surface area contributed by atoms with Gasteiger partial charge in [-0.3, -0.25) is 9.18 Å². The quantitative estimate of drug-likeness (QED) is 0.406. The number of alkyl halides is 1. The van der Waals surface area contributed by atoms with Crippen molar-refractivity contribution in [3.05, 3.63) is 52.3 Å². The fourth-order valence-corrected chi connectivity index (χ4v) is 3.82. The molecule has 1 amide bonds. The molecule has 0 bridgehead atoms. The van der Waals surface area contributed by atoms with Crippen LogP contribution in [0.2, 0.25) is 10.0 Å². The number of ether oxygens (including phenoxy) is 1. The number of carbonyl (C=O) groups excluding carboxylic acids is 1. The third-order valence-corrected chi connectivity index (χ3v) is 5.33. The summed E-state index contributed by atoms with van der Waals surface area (Å²) in [7, 11) is 0. The number of benzene rings is 1. The highest BCUT2D eigenvalue weighted by Gasteiger charge is 2.21. The van der Waals surface area contributed by atoms with E-state index in [4.69, 9.17) is 32.9 Å². The Balaban J connectivity index is 2.03. The van der Waals surface area contributed by atoms with E-state index in [0.717, 1.165) is 11.3 Å². The zero-order valence-electron chi connectivity index (χ0n) is 17.0. The van der Waals surface area contributed by atoms with E-state index in [1.54, 1.807) is 21.6 Å². The molecule has 3 aromatic rings. The maximum absolute atomic E-state index is 12.8. The van der Waals surface area contributed by atoms with Crippen molar-refractivity contribution >= 4 is 34.8 Å². The molecule has 160 valence electrons. The molecule has 0 aliphatic carbocycles. The average Bonchev–Trinajstić information content (AvgIpc) is 3.08. The van der Waals surface area contributed by atoms with E-state index < -0.39 is 6.67 Å². The van der Waals surface area contributed by atoms with Gasteiger partial charge in [0.1, 0.15) is 5.75 Å². The molecule has 30 heavy (non-hydrogen) atoms. The Kier molecular flexibility index (Phi) is 7.56. The zero-order chi connectivity index (χ0) is 21.7. The van der Waals surface area contributed by atoms with Crippen molar-refractivity contribution in [2.24, 2.45) is 0 Å². The standard InChI is InChI=1S/C22H24Cl2FN3O2/c1-3-27(4-2)20(29)13-19-21(26-22-18(24)12-16(23)14-28(19)22)15-6-8-17(9-7-15)30-11-5-10-25/h6-9,12,14H,3-5,10-11,13H2,1-2H3/i25-1. The van der Waals surface area contributed by atoms with Gasteiger partial charge in [-0.25, -0.2) is 4.98 Å². The largest absolute Gasteiger partial charge is 0.493 e. The van der Waals surface area contributed by atoms with Gasteiger partial charge >= 0.3 is 0 Å². The van der Waals surface area contributed by atoms with Crippen molar-refractivity contribution in [2.45, 2.75) is 26.7 Å². The van der Waals surface area contributed by atoms with Crippen molar-refractivity contribution in [3.63, 3.8) is 0 Å². The summed E-state index contributed by atoms with van der Waals surface area (Å²) in [5.74, 6) is 0.656. The van der Waals surface area contributed by atoms with E-state index in [9.17, 15) is 9.18 Å².